The molecule has 0 aromatic heterocycles. The lowest BCUT2D eigenvalue weighted by Crippen LogP contribution is -1.96. The van der Waals surface area contributed by atoms with E-state index in [1.165, 1.54) is 6.07 Å². The van der Waals surface area contributed by atoms with Crippen LogP contribution >= 0.6 is 23.2 Å². The molecule has 78 valence electrons. The smallest absolute Gasteiger partial charge is 0.382 e. The van der Waals surface area contributed by atoms with Gasteiger partial charge >= 0.3 is 5.97 Å². The molecule has 1 aromatic rings. The van der Waals surface area contributed by atoms with Crippen molar-refractivity contribution in [1.82, 2.24) is 0 Å². The van der Waals surface area contributed by atoms with Crippen LogP contribution in [-0.2, 0) is 4.79 Å². The average Bonchev–Trinajstić information content (AvgIpc) is 2.14. The van der Waals surface area contributed by atoms with Crippen molar-refractivity contribution in [2.75, 3.05) is 6.61 Å². The van der Waals surface area contributed by atoms with Gasteiger partial charge in [-0.15, -0.1) is 0 Å². The molecule has 1 aromatic carbocycles. The SMILES string of the molecule is O=C(O)C#CCOc1ccc(Cl)cc1Cl. The van der Waals surface area contributed by atoms with Gasteiger partial charge in [0.05, 0.1) is 5.02 Å². The molecule has 0 radical (unpaired) electrons. The molecule has 0 spiro atoms. The number of benzene rings is 1. The van der Waals surface area contributed by atoms with Gasteiger partial charge in [-0.05, 0) is 24.1 Å². The van der Waals surface area contributed by atoms with E-state index < -0.39 is 5.97 Å². The van der Waals surface area contributed by atoms with E-state index in [9.17, 15) is 4.79 Å². The molecule has 0 bridgehead atoms. The first-order valence-corrected chi connectivity index (χ1v) is 4.65. The molecule has 5 heteroatoms. The van der Waals surface area contributed by atoms with Gasteiger partial charge in [-0.25, -0.2) is 4.79 Å². The Hall–Kier alpha value is -1.37. The van der Waals surface area contributed by atoms with Gasteiger partial charge in [0.1, 0.15) is 12.4 Å². The number of carbonyl (C=O) groups is 1. The molecule has 0 amide bonds. The number of carboxylic acid groups (broad SMARTS) is 1. The number of ether oxygens (including phenoxy) is 1. The van der Waals surface area contributed by atoms with Crippen molar-refractivity contribution in [1.29, 1.82) is 0 Å². The van der Waals surface area contributed by atoms with Gasteiger partial charge in [-0.3, -0.25) is 0 Å². The highest BCUT2D eigenvalue weighted by molar-refractivity contribution is 6.35. The van der Waals surface area contributed by atoms with E-state index in [1.54, 1.807) is 12.1 Å². The molecule has 0 atom stereocenters. The number of aliphatic carboxylic acids is 1. The zero-order valence-electron chi connectivity index (χ0n) is 7.46. The standard InChI is InChI=1S/C10H6Cl2O3/c11-7-3-4-9(8(12)6-7)15-5-1-2-10(13)14/h3-4,6H,5H2,(H,13,14). The van der Waals surface area contributed by atoms with Crippen molar-refractivity contribution in [3.05, 3.63) is 28.2 Å². The number of hydrogen-bond acceptors (Lipinski definition) is 2. The second kappa shape index (κ2) is 5.50. The third kappa shape index (κ3) is 4.11. The van der Waals surface area contributed by atoms with Crippen LogP contribution in [0.2, 0.25) is 10.0 Å². The fraction of sp³-hybridized carbons (Fsp3) is 0.100. The molecule has 0 aliphatic rings. The molecule has 1 N–H and O–H groups in total. The van der Waals surface area contributed by atoms with E-state index in [2.05, 4.69) is 5.92 Å². The highest BCUT2D eigenvalue weighted by Crippen LogP contribution is 2.27. The van der Waals surface area contributed by atoms with E-state index in [0.29, 0.717) is 15.8 Å². The molecule has 0 unspecified atom stereocenters. The van der Waals surface area contributed by atoms with Gasteiger partial charge in [-0.1, -0.05) is 23.2 Å². The summed E-state index contributed by atoms with van der Waals surface area (Å²) in [5.41, 5.74) is 0. The zero-order valence-corrected chi connectivity index (χ0v) is 8.97. The largest absolute Gasteiger partial charge is 0.479 e. The molecule has 15 heavy (non-hydrogen) atoms. The minimum atomic E-state index is -1.19. The topological polar surface area (TPSA) is 46.5 Å². The molecular formula is C10H6Cl2O3. The van der Waals surface area contributed by atoms with Crippen LogP contribution in [0.5, 0.6) is 5.75 Å². The van der Waals surface area contributed by atoms with Crippen molar-refractivity contribution in [2.45, 2.75) is 0 Å². The Morgan fingerprint density at radius 1 is 1.47 bits per heavy atom. The highest BCUT2D eigenvalue weighted by atomic mass is 35.5. The summed E-state index contributed by atoms with van der Waals surface area (Å²) in [5.74, 6) is 3.45. The monoisotopic (exact) mass is 244 g/mol. The highest BCUT2D eigenvalue weighted by Gasteiger charge is 2.00. The van der Waals surface area contributed by atoms with Crippen molar-refractivity contribution in [2.24, 2.45) is 0 Å². The van der Waals surface area contributed by atoms with Crippen LogP contribution in [0.15, 0.2) is 18.2 Å². The van der Waals surface area contributed by atoms with Gasteiger partial charge in [0.25, 0.3) is 0 Å². The van der Waals surface area contributed by atoms with Gasteiger partial charge in [0.2, 0.25) is 0 Å². The van der Waals surface area contributed by atoms with Crippen LogP contribution in [-0.4, -0.2) is 17.7 Å². The Kier molecular flexibility index (Phi) is 4.29. The number of carboxylic acids is 1. The first-order valence-electron chi connectivity index (χ1n) is 3.89. The molecule has 0 saturated carbocycles. The van der Waals surface area contributed by atoms with Gasteiger partial charge in [0.15, 0.2) is 0 Å². The summed E-state index contributed by atoms with van der Waals surface area (Å²) < 4.78 is 5.11. The zero-order chi connectivity index (χ0) is 11.3. The fourth-order valence-corrected chi connectivity index (χ4v) is 1.28. The maximum Gasteiger partial charge on any atom is 0.382 e. The van der Waals surface area contributed by atoms with Crippen LogP contribution in [0.3, 0.4) is 0 Å². The first-order chi connectivity index (χ1) is 7.09. The summed E-state index contributed by atoms with van der Waals surface area (Å²) in [5, 5.41) is 9.09. The van der Waals surface area contributed by atoms with Crippen molar-refractivity contribution in [3.63, 3.8) is 0 Å². The summed E-state index contributed by atoms with van der Waals surface area (Å²) in [7, 11) is 0. The molecule has 0 saturated heterocycles. The number of halogens is 2. The van der Waals surface area contributed by atoms with E-state index >= 15 is 0 Å². The molecular weight excluding hydrogens is 239 g/mol. The lowest BCUT2D eigenvalue weighted by Gasteiger charge is -2.03. The van der Waals surface area contributed by atoms with Gasteiger partial charge < -0.3 is 9.84 Å². The number of rotatable bonds is 2. The normalized spacial score (nSPS) is 8.93. The first kappa shape index (κ1) is 11.7. The van der Waals surface area contributed by atoms with Crippen molar-refractivity contribution < 1.29 is 14.6 Å². The Balaban J connectivity index is 2.59. The van der Waals surface area contributed by atoms with Crippen molar-refractivity contribution >= 4 is 29.2 Å². The second-order valence-electron chi connectivity index (χ2n) is 2.47. The number of hydrogen-bond donors (Lipinski definition) is 1. The maximum absolute atomic E-state index is 10.0. The van der Waals surface area contributed by atoms with E-state index in [-0.39, 0.29) is 6.61 Å². The van der Waals surface area contributed by atoms with Crippen LogP contribution in [0.4, 0.5) is 0 Å². The summed E-state index contributed by atoms with van der Waals surface area (Å²) in [6, 6.07) is 4.74. The fourth-order valence-electron chi connectivity index (χ4n) is 0.818. The molecule has 0 aliphatic heterocycles. The summed E-state index contributed by atoms with van der Waals surface area (Å²) in [6.45, 7) is -0.0341. The third-order valence-electron chi connectivity index (χ3n) is 1.39. The summed E-state index contributed by atoms with van der Waals surface area (Å²) in [6.07, 6.45) is 0. The van der Waals surface area contributed by atoms with E-state index in [4.69, 9.17) is 33.0 Å². The minimum absolute atomic E-state index is 0.0341. The van der Waals surface area contributed by atoms with Crippen LogP contribution in [0.1, 0.15) is 0 Å². The Morgan fingerprint density at radius 2 is 2.20 bits per heavy atom. The summed E-state index contributed by atoms with van der Waals surface area (Å²) in [4.78, 5) is 10.0. The van der Waals surface area contributed by atoms with Gasteiger partial charge in [-0.2, -0.15) is 0 Å². The van der Waals surface area contributed by atoms with Crippen LogP contribution in [0.25, 0.3) is 0 Å². The van der Waals surface area contributed by atoms with Crippen LogP contribution < -0.4 is 4.74 Å². The Bertz CT molecular complexity index is 432. The third-order valence-corrected chi connectivity index (χ3v) is 1.92. The predicted octanol–water partition coefficient (Wildman–Crippen LogP) is 2.46. The minimum Gasteiger partial charge on any atom is -0.479 e. The van der Waals surface area contributed by atoms with Crippen LogP contribution in [0, 0.1) is 11.8 Å². The van der Waals surface area contributed by atoms with Crippen molar-refractivity contribution in [3.8, 4) is 17.6 Å². The predicted molar refractivity (Wildman–Crippen MR) is 57.4 cm³/mol. The molecule has 0 heterocycles. The Morgan fingerprint density at radius 3 is 2.80 bits per heavy atom. The Labute approximate surface area is 96.6 Å². The molecule has 3 nitrogen and oxygen atoms in total. The van der Waals surface area contributed by atoms with E-state index in [0.717, 1.165) is 0 Å². The molecule has 0 aliphatic carbocycles. The molecule has 1 rings (SSSR count). The van der Waals surface area contributed by atoms with E-state index in [1.807, 2.05) is 5.92 Å². The second-order valence-corrected chi connectivity index (χ2v) is 3.31. The lowest BCUT2D eigenvalue weighted by molar-refractivity contribution is -0.130. The van der Waals surface area contributed by atoms with Gasteiger partial charge in [0, 0.05) is 10.9 Å². The average molecular weight is 245 g/mol. The molecule has 0 fully saturated rings. The maximum atomic E-state index is 10.0. The summed E-state index contributed by atoms with van der Waals surface area (Å²) >= 11 is 11.5. The lowest BCUT2D eigenvalue weighted by atomic mass is 10.3. The quantitative estimate of drug-likeness (QED) is 0.814.